The van der Waals surface area contributed by atoms with E-state index in [1.165, 1.54) is 5.32 Å². The van der Waals surface area contributed by atoms with Gasteiger partial charge in [-0.25, -0.2) is 13.2 Å². The highest BCUT2D eigenvalue weighted by Gasteiger charge is 2.41. The van der Waals surface area contributed by atoms with Crippen LogP contribution in [0.2, 0.25) is 0 Å². The topological polar surface area (TPSA) is 58.6 Å². The van der Waals surface area contributed by atoms with Gasteiger partial charge in [0.1, 0.15) is 11.6 Å². The smallest absolute Gasteiger partial charge is 0.324 e. The second-order valence-corrected chi connectivity index (χ2v) is 5.27. The standard InChI is InChI=1S/C12H19F3N2O3/c1-4-17-6-12(2,3)20-11(19)7(17)5-8(18)16-10(15)9(13)14/h7,9-10H,4-6H2,1-3H3,(H,16,18). The fraction of sp³-hybridized carbons (Fsp3) is 0.833. The van der Waals surface area contributed by atoms with Gasteiger partial charge in [-0.1, -0.05) is 6.92 Å². The number of hydrogen-bond donors (Lipinski definition) is 1. The first-order valence-corrected chi connectivity index (χ1v) is 6.34. The normalized spacial score (nSPS) is 24.4. The second-order valence-electron chi connectivity index (χ2n) is 5.27. The van der Waals surface area contributed by atoms with Crippen molar-refractivity contribution in [3.8, 4) is 0 Å². The van der Waals surface area contributed by atoms with Crippen LogP contribution in [0.3, 0.4) is 0 Å². The number of halogens is 3. The lowest BCUT2D eigenvalue weighted by molar-refractivity contribution is -0.179. The average Bonchev–Trinajstić information content (AvgIpc) is 2.31. The summed E-state index contributed by atoms with van der Waals surface area (Å²) in [6.45, 7) is 6.18. The summed E-state index contributed by atoms with van der Waals surface area (Å²) in [5, 5.41) is 1.52. The van der Waals surface area contributed by atoms with Gasteiger partial charge in [0.05, 0.1) is 6.42 Å². The van der Waals surface area contributed by atoms with Crippen LogP contribution in [0.5, 0.6) is 0 Å². The lowest BCUT2D eigenvalue weighted by Crippen LogP contribution is -2.58. The highest BCUT2D eigenvalue weighted by Crippen LogP contribution is 2.23. The molecule has 20 heavy (non-hydrogen) atoms. The molecule has 1 aliphatic rings. The second kappa shape index (κ2) is 6.43. The molecule has 5 nitrogen and oxygen atoms in total. The van der Waals surface area contributed by atoms with Crippen LogP contribution in [0, 0.1) is 0 Å². The highest BCUT2D eigenvalue weighted by molar-refractivity contribution is 5.86. The number of morpholine rings is 1. The van der Waals surface area contributed by atoms with E-state index in [1.807, 2.05) is 0 Å². The molecule has 0 radical (unpaired) electrons. The molecule has 116 valence electrons. The third-order valence-electron chi connectivity index (χ3n) is 2.98. The van der Waals surface area contributed by atoms with E-state index in [2.05, 4.69) is 0 Å². The van der Waals surface area contributed by atoms with Gasteiger partial charge in [0.2, 0.25) is 12.2 Å². The van der Waals surface area contributed by atoms with Gasteiger partial charge in [0.15, 0.2) is 0 Å². The van der Waals surface area contributed by atoms with Crippen LogP contribution >= 0.6 is 0 Å². The summed E-state index contributed by atoms with van der Waals surface area (Å²) in [7, 11) is 0. The Bertz CT molecular complexity index is 377. The summed E-state index contributed by atoms with van der Waals surface area (Å²) in [5.41, 5.74) is -0.675. The number of carbonyl (C=O) groups excluding carboxylic acids is 2. The van der Waals surface area contributed by atoms with E-state index in [9.17, 15) is 22.8 Å². The van der Waals surface area contributed by atoms with E-state index in [0.717, 1.165) is 0 Å². The van der Waals surface area contributed by atoms with Crippen molar-refractivity contribution in [1.82, 2.24) is 10.2 Å². The van der Waals surface area contributed by atoms with Gasteiger partial charge in [-0.15, -0.1) is 0 Å². The summed E-state index contributed by atoms with van der Waals surface area (Å²) in [6, 6.07) is -0.877. The third-order valence-corrected chi connectivity index (χ3v) is 2.98. The molecule has 1 amide bonds. The summed E-state index contributed by atoms with van der Waals surface area (Å²) in [5.74, 6) is -1.55. The summed E-state index contributed by atoms with van der Waals surface area (Å²) < 4.78 is 41.9. The molecule has 0 aromatic rings. The molecule has 1 saturated heterocycles. The number of ether oxygens (including phenoxy) is 1. The minimum atomic E-state index is -3.29. The number of alkyl halides is 3. The molecule has 0 aromatic heterocycles. The van der Waals surface area contributed by atoms with Crippen molar-refractivity contribution in [1.29, 1.82) is 0 Å². The van der Waals surface area contributed by atoms with E-state index in [1.54, 1.807) is 25.7 Å². The first-order chi connectivity index (χ1) is 9.16. The number of rotatable bonds is 5. The minimum absolute atomic E-state index is 0.407. The molecule has 0 bridgehead atoms. The Morgan fingerprint density at radius 1 is 1.50 bits per heavy atom. The van der Waals surface area contributed by atoms with Crippen LogP contribution in [0.4, 0.5) is 13.2 Å². The van der Waals surface area contributed by atoms with Crippen LogP contribution in [0.1, 0.15) is 27.2 Å². The van der Waals surface area contributed by atoms with Crippen LogP contribution in [-0.4, -0.2) is 54.2 Å². The third kappa shape index (κ3) is 4.36. The van der Waals surface area contributed by atoms with Crippen LogP contribution < -0.4 is 5.32 Å². The SMILES string of the molecule is CCN1CC(C)(C)OC(=O)C1CC(=O)NC(F)C(F)F. The van der Waals surface area contributed by atoms with Crippen molar-refractivity contribution in [3.05, 3.63) is 0 Å². The van der Waals surface area contributed by atoms with E-state index in [0.29, 0.717) is 13.1 Å². The Labute approximate surface area is 115 Å². The van der Waals surface area contributed by atoms with Crippen molar-refractivity contribution in [2.45, 2.75) is 51.6 Å². The number of carbonyl (C=O) groups is 2. The molecule has 0 saturated carbocycles. The fourth-order valence-corrected chi connectivity index (χ4v) is 2.12. The number of likely N-dealkylation sites (N-methyl/N-ethyl adjacent to an activating group) is 1. The Hall–Kier alpha value is -1.31. The number of hydrogen-bond acceptors (Lipinski definition) is 4. The molecule has 8 heteroatoms. The molecule has 1 fully saturated rings. The summed E-state index contributed by atoms with van der Waals surface area (Å²) >= 11 is 0. The molecule has 2 unspecified atom stereocenters. The van der Waals surface area contributed by atoms with Crippen LogP contribution in [0.25, 0.3) is 0 Å². The van der Waals surface area contributed by atoms with Crippen molar-refractivity contribution < 1.29 is 27.5 Å². The monoisotopic (exact) mass is 296 g/mol. The maximum absolute atomic E-state index is 12.7. The zero-order valence-electron chi connectivity index (χ0n) is 11.7. The van der Waals surface area contributed by atoms with E-state index in [4.69, 9.17) is 4.74 Å². The Balaban J connectivity index is 2.65. The van der Waals surface area contributed by atoms with Gasteiger partial charge in [0, 0.05) is 6.54 Å². The lowest BCUT2D eigenvalue weighted by Gasteiger charge is -2.41. The molecule has 0 aliphatic carbocycles. The highest BCUT2D eigenvalue weighted by atomic mass is 19.3. The molecular weight excluding hydrogens is 277 g/mol. The maximum Gasteiger partial charge on any atom is 0.324 e. The number of esters is 1. The lowest BCUT2D eigenvalue weighted by atomic mass is 10.0. The average molecular weight is 296 g/mol. The van der Waals surface area contributed by atoms with Gasteiger partial charge < -0.3 is 10.1 Å². The number of cyclic esters (lactones) is 1. The summed E-state index contributed by atoms with van der Waals surface area (Å²) in [6.07, 6.45) is -6.43. The van der Waals surface area contributed by atoms with Gasteiger partial charge >= 0.3 is 5.97 Å². The molecule has 1 heterocycles. The molecule has 1 rings (SSSR count). The first-order valence-electron chi connectivity index (χ1n) is 6.34. The van der Waals surface area contributed by atoms with Crippen molar-refractivity contribution in [3.63, 3.8) is 0 Å². The van der Waals surface area contributed by atoms with Crippen molar-refractivity contribution in [2.24, 2.45) is 0 Å². The zero-order chi connectivity index (χ0) is 15.5. The number of amides is 1. The first kappa shape index (κ1) is 16.7. The van der Waals surface area contributed by atoms with Gasteiger partial charge in [-0.05, 0) is 20.4 Å². The van der Waals surface area contributed by atoms with Crippen LogP contribution in [0.15, 0.2) is 0 Å². The molecule has 1 N–H and O–H groups in total. The van der Waals surface area contributed by atoms with E-state index in [-0.39, 0.29) is 0 Å². The molecule has 1 aliphatic heterocycles. The Morgan fingerprint density at radius 3 is 2.60 bits per heavy atom. The zero-order valence-corrected chi connectivity index (χ0v) is 11.7. The molecule has 2 atom stereocenters. The molecule has 0 spiro atoms. The number of nitrogens with zero attached hydrogens (tertiary/aromatic N) is 1. The predicted octanol–water partition coefficient (Wildman–Crippen LogP) is 1.08. The van der Waals surface area contributed by atoms with Gasteiger partial charge in [-0.3, -0.25) is 14.5 Å². The fourth-order valence-electron chi connectivity index (χ4n) is 2.12. The van der Waals surface area contributed by atoms with Gasteiger partial charge in [0.25, 0.3) is 6.43 Å². The predicted molar refractivity (Wildman–Crippen MR) is 64.9 cm³/mol. The van der Waals surface area contributed by atoms with E-state index >= 15 is 0 Å². The Morgan fingerprint density at radius 2 is 2.10 bits per heavy atom. The maximum atomic E-state index is 12.7. The van der Waals surface area contributed by atoms with Crippen molar-refractivity contribution in [2.75, 3.05) is 13.1 Å². The van der Waals surface area contributed by atoms with Crippen LogP contribution in [-0.2, 0) is 14.3 Å². The molecular formula is C12H19F3N2O3. The Kier molecular flexibility index (Phi) is 5.38. The molecule has 0 aromatic carbocycles. The van der Waals surface area contributed by atoms with Gasteiger partial charge in [-0.2, -0.15) is 0 Å². The van der Waals surface area contributed by atoms with E-state index < -0.39 is 42.7 Å². The largest absolute Gasteiger partial charge is 0.457 e. The summed E-state index contributed by atoms with van der Waals surface area (Å²) in [4.78, 5) is 25.0. The minimum Gasteiger partial charge on any atom is -0.457 e. The quantitative estimate of drug-likeness (QED) is 0.609. The van der Waals surface area contributed by atoms with Crippen molar-refractivity contribution >= 4 is 11.9 Å². The number of nitrogens with one attached hydrogen (secondary N) is 1.